The Morgan fingerprint density at radius 2 is 0.918 bits per heavy atom. The molecule has 5 heteroatoms. The molecular formula is C56H34N4O. The van der Waals surface area contributed by atoms with Gasteiger partial charge in [0.15, 0.2) is 5.82 Å². The second kappa shape index (κ2) is 13.1. The molecule has 0 saturated heterocycles. The van der Waals surface area contributed by atoms with Gasteiger partial charge in [-0.1, -0.05) is 127 Å². The van der Waals surface area contributed by atoms with Crippen molar-refractivity contribution in [2.75, 3.05) is 0 Å². The smallest absolute Gasteiger partial charge is 0.162 e. The van der Waals surface area contributed by atoms with E-state index < -0.39 is 0 Å². The first kappa shape index (κ1) is 33.7. The first-order chi connectivity index (χ1) is 30.2. The highest BCUT2D eigenvalue weighted by molar-refractivity contribution is 6.16. The molecule has 0 spiro atoms. The van der Waals surface area contributed by atoms with E-state index in [0.717, 1.165) is 88.6 Å². The normalized spacial score (nSPS) is 11.9. The van der Waals surface area contributed by atoms with Crippen molar-refractivity contribution in [1.29, 1.82) is 0 Å². The Bertz CT molecular complexity index is 3880. The fourth-order valence-electron chi connectivity index (χ4n) is 9.57. The predicted octanol–water partition coefficient (Wildman–Crippen LogP) is 14.7. The molecule has 0 aliphatic heterocycles. The number of para-hydroxylation sites is 4. The van der Waals surface area contributed by atoms with Gasteiger partial charge in [-0.05, 0) is 101 Å². The topological polar surface area (TPSA) is 48.8 Å². The highest BCUT2D eigenvalue weighted by Crippen LogP contribution is 2.42. The molecule has 0 atom stereocenters. The van der Waals surface area contributed by atoms with Crippen molar-refractivity contribution in [1.82, 2.24) is 19.1 Å². The van der Waals surface area contributed by atoms with Crippen LogP contribution in [-0.4, -0.2) is 19.1 Å². The maximum Gasteiger partial charge on any atom is 0.162 e. The van der Waals surface area contributed by atoms with Crippen molar-refractivity contribution in [2.45, 2.75) is 0 Å². The summed E-state index contributed by atoms with van der Waals surface area (Å²) in [6, 6.07) is 73.2. The van der Waals surface area contributed by atoms with Crippen molar-refractivity contribution < 1.29 is 4.42 Å². The van der Waals surface area contributed by atoms with Crippen LogP contribution in [0.4, 0.5) is 0 Å². The van der Waals surface area contributed by atoms with Crippen LogP contribution in [0.5, 0.6) is 0 Å². The largest absolute Gasteiger partial charge is 0.456 e. The Kier molecular flexibility index (Phi) is 7.24. The third-order valence-electron chi connectivity index (χ3n) is 12.3. The summed E-state index contributed by atoms with van der Waals surface area (Å²) in [6.07, 6.45) is 0. The van der Waals surface area contributed by atoms with Crippen molar-refractivity contribution in [3.05, 3.63) is 206 Å². The quantitative estimate of drug-likeness (QED) is 0.175. The van der Waals surface area contributed by atoms with E-state index in [1.54, 1.807) is 0 Å². The summed E-state index contributed by atoms with van der Waals surface area (Å²) in [7, 11) is 0. The van der Waals surface area contributed by atoms with E-state index >= 15 is 0 Å². The van der Waals surface area contributed by atoms with Crippen LogP contribution in [0.1, 0.15) is 0 Å². The lowest BCUT2D eigenvalue weighted by Gasteiger charge is -2.12. The highest BCUT2D eigenvalue weighted by Gasteiger charge is 2.20. The molecule has 0 bridgehead atoms. The zero-order valence-corrected chi connectivity index (χ0v) is 32.8. The molecule has 284 valence electrons. The zero-order chi connectivity index (χ0) is 40.0. The molecule has 0 saturated carbocycles. The fourth-order valence-corrected chi connectivity index (χ4v) is 9.57. The Labute approximate surface area is 350 Å². The number of hydrogen-bond acceptors (Lipinski definition) is 3. The van der Waals surface area contributed by atoms with E-state index in [-0.39, 0.29) is 0 Å². The summed E-state index contributed by atoms with van der Waals surface area (Å²) >= 11 is 0. The van der Waals surface area contributed by atoms with Gasteiger partial charge in [0.05, 0.1) is 27.6 Å². The minimum atomic E-state index is 0.704. The average molecular weight is 779 g/mol. The molecule has 0 amide bonds. The van der Waals surface area contributed by atoms with Crippen LogP contribution in [0, 0.1) is 0 Å². The van der Waals surface area contributed by atoms with Gasteiger partial charge in [-0.3, -0.25) is 4.57 Å². The van der Waals surface area contributed by atoms with Gasteiger partial charge >= 0.3 is 0 Å². The van der Waals surface area contributed by atoms with Crippen molar-refractivity contribution in [3.8, 4) is 45.1 Å². The van der Waals surface area contributed by atoms with E-state index in [2.05, 4.69) is 191 Å². The maximum atomic E-state index is 6.56. The van der Waals surface area contributed by atoms with Crippen molar-refractivity contribution in [2.24, 2.45) is 0 Å². The first-order valence-electron chi connectivity index (χ1n) is 20.7. The highest BCUT2D eigenvalue weighted by atomic mass is 16.3. The minimum Gasteiger partial charge on any atom is -0.456 e. The summed E-state index contributed by atoms with van der Waals surface area (Å²) in [5.41, 5.74) is 13.9. The Morgan fingerprint density at radius 3 is 1.69 bits per heavy atom. The van der Waals surface area contributed by atoms with E-state index in [4.69, 9.17) is 14.4 Å². The molecule has 61 heavy (non-hydrogen) atoms. The summed E-state index contributed by atoms with van der Waals surface area (Å²) in [4.78, 5) is 10.3. The second-order valence-corrected chi connectivity index (χ2v) is 15.8. The second-order valence-electron chi connectivity index (χ2n) is 15.8. The number of furan rings is 1. The lowest BCUT2D eigenvalue weighted by molar-refractivity contribution is 0.669. The summed E-state index contributed by atoms with van der Waals surface area (Å²) < 4.78 is 11.2. The molecule has 0 aliphatic rings. The molecule has 9 aromatic carbocycles. The molecular weight excluding hydrogens is 745 g/mol. The molecule has 0 unspecified atom stereocenters. The fraction of sp³-hybridized carbons (Fsp3) is 0. The zero-order valence-electron chi connectivity index (χ0n) is 32.8. The molecule has 0 aliphatic carbocycles. The van der Waals surface area contributed by atoms with Gasteiger partial charge in [-0.2, -0.15) is 0 Å². The number of nitrogens with zero attached hydrogens (tertiary/aromatic N) is 4. The monoisotopic (exact) mass is 778 g/mol. The predicted molar refractivity (Wildman–Crippen MR) is 252 cm³/mol. The van der Waals surface area contributed by atoms with Gasteiger partial charge in [-0.15, -0.1) is 0 Å². The lowest BCUT2D eigenvalue weighted by Crippen LogP contribution is -2.02. The number of rotatable bonds is 5. The summed E-state index contributed by atoms with van der Waals surface area (Å²) in [5.74, 6) is 1.57. The van der Waals surface area contributed by atoms with Crippen molar-refractivity contribution in [3.63, 3.8) is 0 Å². The standard InChI is InChI=1S/C56H34N4O/c1-3-14-35(15-4-1)55-57-47-22-10-7-20-43(47)56(58-55)60-49-24-12-9-19-42(49)44-32-36(26-29-51(44)60)37-28-31-52-46(33-37)54-40(21-13-25-53(54)61-52)38-27-30-50-45(34-38)41-18-8-11-23-48(41)59(50)39-16-5-2-6-17-39/h1-34H. The van der Waals surface area contributed by atoms with Crippen LogP contribution in [0.15, 0.2) is 211 Å². The number of benzene rings is 9. The molecule has 4 heterocycles. The molecule has 0 N–H and O–H groups in total. The molecule has 0 radical (unpaired) electrons. The van der Waals surface area contributed by atoms with Crippen LogP contribution < -0.4 is 0 Å². The van der Waals surface area contributed by atoms with Crippen LogP contribution in [0.2, 0.25) is 0 Å². The van der Waals surface area contributed by atoms with Crippen LogP contribution in [-0.2, 0) is 0 Å². The Morgan fingerprint density at radius 1 is 0.344 bits per heavy atom. The van der Waals surface area contributed by atoms with Crippen LogP contribution in [0.25, 0.3) is 122 Å². The van der Waals surface area contributed by atoms with Gasteiger partial charge in [0.1, 0.15) is 17.0 Å². The van der Waals surface area contributed by atoms with Gasteiger partial charge in [0.2, 0.25) is 0 Å². The molecule has 0 fully saturated rings. The number of aromatic nitrogens is 4. The summed E-state index contributed by atoms with van der Waals surface area (Å²) in [6.45, 7) is 0. The third kappa shape index (κ3) is 5.14. The van der Waals surface area contributed by atoms with E-state index in [9.17, 15) is 0 Å². The lowest BCUT2D eigenvalue weighted by atomic mass is 9.96. The molecule has 4 aromatic heterocycles. The number of hydrogen-bond donors (Lipinski definition) is 0. The van der Waals surface area contributed by atoms with E-state index in [1.165, 1.54) is 27.2 Å². The van der Waals surface area contributed by atoms with Gasteiger partial charge in [0.25, 0.3) is 0 Å². The number of fused-ring (bicyclic) bond motifs is 10. The molecule has 13 rings (SSSR count). The van der Waals surface area contributed by atoms with Crippen LogP contribution in [0.3, 0.4) is 0 Å². The third-order valence-corrected chi connectivity index (χ3v) is 12.3. The van der Waals surface area contributed by atoms with Crippen LogP contribution >= 0.6 is 0 Å². The Hall–Kier alpha value is -8.28. The molecule has 5 nitrogen and oxygen atoms in total. The summed E-state index contributed by atoms with van der Waals surface area (Å²) in [5, 5.41) is 8.01. The van der Waals surface area contributed by atoms with E-state index in [0.29, 0.717) is 5.82 Å². The average Bonchev–Trinajstić information content (AvgIpc) is 3.99. The van der Waals surface area contributed by atoms with Crippen molar-refractivity contribution >= 4 is 76.5 Å². The minimum absolute atomic E-state index is 0.704. The Balaban J connectivity index is 0.977. The SMILES string of the molecule is c1ccc(-c2nc(-n3c4ccccc4c4cc(-c5ccc6oc7cccc(-c8ccc9c(c8)c8ccccc8n9-c8ccccc8)c7c6c5)ccc43)c3ccccc3n2)cc1. The molecule has 13 aromatic rings. The first-order valence-corrected chi connectivity index (χ1v) is 20.7. The van der Waals surface area contributed by atoms with Gasteiger partial charge < -0.3 is 8.98 Å². The van der Waals surface area contributed by atoms with Gasteiger partial charge in [-0.25, -0.2) is 9.97 Å². The van der Waals surface area contributed by atoms with Gasteiger partial charge in [0, 0.05) is 49.0 Å². The maximum absolute atomic E-state index is 6.56. The van der Waals surface area contributed by atoms with E-state index in [1.807, 2.05) is 24.3 Å².